The van der Waals surface area contributed by atoms with Crippen LogP contribution in [0.25, 0.3) is 10.2 Å². The van der Waals surface area contributed by atoms with Crippen LogP contribution in [0, 0.1) is 19.3 Å². The molecule has 4 rings (SSSR count). The molecule has 21 heavy (non-hydrogen) atoms. The van der Waals surface area contributed by atoms with Gasteiger partial charge in [0.15, 0.2) is 0 Å². The number of nitrogens with one attached hydrogen (secondary N) is 1. The highest BCUT2D eigenvalue weighted by Crippen LogP contribution is 2.43. The average Bonchev–Trinajstić information content (AvgIpc) is 2.74. The van der Waals surface area contributed by atoms with Gasteiger partial charge in [-0.05, 0) is 45.1 Å². The Kier molecular flexibility index (Phi) is 3.15. The average molecular weight is 303 g/mol. The molecule has 1 saturated carbocycles. The topological polar surface area (TPSA) is 47.0 Å². The standard InChI is InChI=1S/C16H21N3OS/c1-10-11(2)21-15-13(10)14(17-9-18-15)19-12-3-5-16(6-4-12)7-20-8-16/h9,12H,3-8H2,1-2H3,(H,17,18,19). The second-order valence-corrected chi connectivity index (χ2v) is 7.80. The van der Waals surface area contributed by atoms with E-state index in [0.29, 0.717) is 11.5 Å². The third kappa shape index (κ3) is 2.23. The van der Waals surface area contributed by atoms with Gasteiger partial charge in [0.2, 0.25) is 0 Å². The van der Waals surface area contributed by atoms with Gasteiger partial charge in [0, 0.05) is 16.3 Å². The van der Waals surface area contributed by atoms with E-state index in [4.69, 9.17) is 4.74 Å². The molecule has 1 N–H and O–H groups in total. The molecule has 2 fully saturated rings. The van der Waals surface area contributed by atoms with Crippen LogP contribution >= 0.6 is 11.3 Å². The zero-order valence-corrected chi connectivity index (χ0v) is 13.4. The predicted octanol–water partition coefficient (Wildman–Crippen LogP) is 3.68. The molecule has 2 aliphatic rings. The van der Waals surface area contributed by atoms with Gasteiger partial charge in [0.05, 0.1) is 18.6 Å². The lowest BCUT2D eigenvalue weighted by molar-refractivity contribution is -0.131. The lowest BCUT2D eigenvalue weighted by Gasteiger charge is -2.46. The molecule has 2 aromatic heterocycles. The van der Waals surface area contributed by atoms with Crippen LogP contribution in [-0.2, 0) is 4.74 Å². The molecule has 112 valence electrons. The highest BCUT2D eigenvalue weighted by molar-refractivity contribution is 7.18. The van der Waals surface area contributed by atoms with Crippen LogP contribution in [0.15, 0.2) is 6.33 Å². The van der Waals surface area contributed by atoms with Crippen molar-refractivity contribution in [2.24, 2.45) is 5.41 Å². The molecule has 0 radical (unpaired) electrons. The molecule has 1 spiro atoms. The van der Waals surface area contributed by atoms with Gasteiger partial charge >= 0.3 is 0 Å². The number of ether oxygens (including phenoxy) is 1. The Balaban J connectivity index is 1.55. The third-order valence-corrected chi connectivity index (χ3v) is 6.28. The first kappa shape index (κ1) is 13.5. The normalized spacial score (nSPS) is 21.6. The lowest BCUT2D eigenvalue weighted by Crippen LogP contribution is -2.47. The van der Waals surface area contributed by atoms with Crippen LogP contribution in [0.3, 0.4) is 0 Å². The maximum Gasteiger partial charge on any atom is 0.138 e. The number of hydrogen-bond acceptors (Lipinski definition) is 5. The number of nitrogens with zero attached hydrogens (tertiary/aromatic N) is 2. The monoisotopic (exact) mass is 303 g/mol. The molecule has 4 nitrogen and oxygen atoms in total. The largest absolute Gasteiger partial charge is 0.380 e. The van der Waals surface area contributed by atoms with E-state index in [9.17, 15) is 0 Å². The second-order valence-electron chi connectivity index (χ2n) is 6.60. The highest BCUT2D eigenvalue weighted by Gasteiger charge is 2.41. The molecule has 0 bridgehead atoms. The predicted molar refractivity (Wildman–Crippen MR) is 86.0 cm³/mol. The molecule has 1 saturated heterocycles. The minimum atomic E-state index is 0.508. The summed E-state index contributed by atoms with van der Waals surface area (Å²) >= 11 is 1.76. The summed E-state index contributed by atoms with van der Waals surface area (Å²) in [5.41, 5.74) is 1.83. The Morgan fingerprint density at radius 2 is 2.00 bits per heavy atom. The van der Waals surface area contributed by atoms with Crippen molar-refractivity contribution < 1.29 is 4.74 Å². The van der Waals surface area contributed by atoms with Crippen LogP contribution in [0.1, 0.15) is 36.1 Å². The van der Waals surface area contributed by atoms with Gasteiger partial charge in [-0.1, -0.05) is 0 Å². The van der Waals surface area contributed by atoms with Gasteiger partial charge in [0.1, 0.15) is 17.0 Å². The first-order chi connectivity index (χ1) is 10.2. The SMILES string of the molecule is Cc1sc2ncnc(NC3CCC4(CC3)COC4)c2c1C. The van der Waals surface area contributed by atoms with E-state index >= 15 is 0 Å². The molecule has 0 aromatic carbocycles. The second kappa shape index (κ2) is 4.92. The zero-order chi connectivity index (χ0) is 14.4. The van der Waals surface area contributed by atoms with E-state index in [1.807, 2.05) is 0 Å². The Morgan fingerprint density at radius 3 is 2.67 bits per heavy atom. The quantitative estimate of drug-likeness (QED) is 0.919. The fraction of sp³-hybridized carbons (Fsp3) is 0.625. The van der Waals surface area contributed by atoms with Crippen molar-refractivity contribution in [3.8, 4) is 0 Å². The molecular formula is C16H21N3OS. The van der Waals surface area contributed by atoms with Crippen LogP contribution in [0.4, 0.5) is 5.82 Å². The summed E-state index contributed by atoms with van der Waals surface area (Å²) in [7, 11) is 0. The van der Waals surface area contributed by atoms with Gasteiger partial charge in [-0.15, -0.1) is 11.3 Å². The third-order valence-electron chi connectivity index (χ3n) is 5.17. The van der Waals surface area contributed by atoms with Crippen molar-refractivity contribution >= 4 is 27.4 Å². The van der Waals surface area contributed by atoms with Crippen molar-refractivity contribution in [3.63, 3.8) is 0 Å². The summed E-state index contributed by atoms with van der Waals surface area (Å²) in [6.07, 6.45) is 6.68. The fourth-order valence-corrected chi connectivity index (χ4v) is 4.54. The zero-order valence-electron chi connectivity index (χ0n) is 12.6. The summed E-state index contributed by atoms with van der Waals surface area (Å²) in [6.45, 7) is 6.28. The van der Waals surface area contributed by atoms with Gasteiger partial charge in [-0.2, -0.15) is 0 Å². The number of anilines is 1. The number of aromatic nitrogens is 2. The number of aryl methyl sites for hydroxylation is 2. The number of hydrogen-bond donors (Lipinski definition) is 1. The van der Waals surface area contributed by atoms with Crippen LogP contribution in [0.5, 0.6) is 0 Å². The molecule has 1 aliphatic heterocycles. The summed E-state index contributed by atoms with van der Waals surface area (Å²) < 4.78 is 5.41. The minimum Gasteiger partial charge on any atom is -0.380 e. The number of thiophene rings is 1. The first-order valence-electron chi connectivity index (χ1n) is 7.72. The Morgan fingerprint density at radius 1 is 1.24 bits per heavy atom. The van der Waals surface area contributed by atoms with E-state index in [2.05, 4.69) is 29.1 Å². The molecule has 0 atom stereocenters. The Hall–Kier alpha value is -1.20. The highest BCUT2D eigenvalue weighted by atomic mass is 32.1. The van der Waals surface area contributed by atoms with Crippen molar-refractivity contribution in [2.75, 3.05) is 18.5 Å². The minimum absolute atomic E-state index is 0.508. The molecule has 1 aliphatic carbocycles. The van der Waals surface area contributed by atoms with E-state index in [1.54, 1.807) is 17.7 Å². The smallest absolute Gasteiger partial charge is 0.138 e. The van der Waals surface area contributed by atoms with E-state index in [1.165, 1.54) is 41.5 Å². The molecular weight excluding hydrogens is 282 g/mol. The van der Waals surface area contributed by atoms with Gasteiger partial charge < -0.3 is 10.1 Å². The van der Waals surface area contributed by atoms with Crippen molar-refractivity contribution in [1.29, 1.82) is 0 Å². The maximum atomic E-state index is 5.41. The Labute approximate surface area is 128 Å². The Bertz CT molecular complexity index is 667. The van der Waals surface area contributed by atoms with E-state index < -0.39 is 0 Å². The fourth-order valence-electron chi connectivity index (χ4n) is 3.54. The lowest BCUT2D eigenvalue weighted by atomic mass is 9.71. The van der Waals surface area contributed by atoms with Crippen LogP contribution < -0.4 is 5.32 Å². The first-order valence-corrected chi connectivity index (χ1v) is 8.54. The van der Waals surface area contributed by atoms with Crippen molar-refractivity contribution in [2.45, 2.75) is 45.6 Å². The van der Waals surface area contributed by atoms with Crippen LogP contribution in [0.2, 0.25) is 0 Å². The number of rotatable bonds is 2. The maximum absolute atomic E-state index is 5.41. The number of fused-ring (bicyclic) bond motifs is 1. The van der Waals surface area contributed by atoms with Gasteiger partial charge in [-0.25, -0.2) is 9.97 Å². The van der Waals surface area contributed by atoms with Crippen LogP contribution in [-0.4, -0.2) is 29.2 Å². The van der Waals surface area contributed by atoms with E-state index in [-0.39, 0.29) is 0 Å². The molecule has 0 unspecified atom stereocenters. The van der Waals surface area contributed by atoms with Gasteiger partial charge in [0.25, 0.3) is 0 Å². The van der Waals surface area contributed by atoms with Crippen molar-refractivity contribution in [3.05, 3.63) is 16.8 Å². The summed E-state index contributed by atoms with van der Waals surface area (Å²) in [4.78, 5) is 11.4. The van der Waals surface area contributed by atoms with Gasteiger partial charge in [-0.3, -0.25) is 0 Å². The summed E-state index contributed by atoms with van der Waals surface area (Å²) in [5, 5.41) is 4.89. The molecule has 5 heteroatoms. The van der Waals surface area contributed by atoms with E-state index in [0.717, 1.165) is 23.9 Å². The molecule has 3 heterocycles. The molecule has 2 aromatic rings. The van der Waals surface area contributed by atoms with Crippen molar-refractivity contribution in [1.82, 2.24) is 9.97 Å². The summed E-state index contributed by atoms with van der Waals surface area (Å²) in [5.74, 6) is 1.02. The summed E-state index contributed by atoms with van der Waals surface area (Å²) in [6, 6.07) is 0.536. The molecule has 0 amide bonds.